The Labute approximate surface area is 211 Å². The molecule has 0 saturated heterocycles. The number of carbonyl (C=O) groups excluding carboxylic acids is 1. The number of hydrogen-bond donors (Lipinski definition) is 2. The smallest absolute Gasteiger partial charge is 0.279 e. The van der Waals surface area contributed by atoms with Crippen LogP contribution in [-0.2, 0) is 31.3 Å². The Morgan fingerprint density at radius 2 is 1.75 bits per heavy atom. The molecule has 3 N–H and O–H groups in total. The van der Waals surface area contributed by atoms with Gasteiger partial charge < -0.3 is 9.30 Å². The van der Waals surface area contributed by atoms with Crippen molar-refractivity contribution in [3.05, 3.63) is 83.2 Å². The van der Waals surface area contributed by atoms with Gasteiger partial charge in [0.05, 0.1) is 26.6 Å². The summed E-state index contributed by atoms with van der Waals surface area (Å²) in [5.74, 6) is -0.597. The van der Waals surface area contributed by atoms with Crippen LogP contribution in [0, 0.1) is 0 Å². The number of hydrogen-bond acceptors (Lipinski definition) is 7. The molecule has 3 aromatic carbocycles. The number of benzene rings is 3. The van der Waals surface area contributed by atoms with Crippen molar-refractivity contribution in [3.63, 3.8) is 0 Å². The van der Waals surface area contributed by atoms with Crippen molar-refractivity contribution >= 4 is 53.2 Å². The highest BCUT2D eigenvalue weighted by atomic mass is 32.2. The number of thiazole rings is 1. The summed E-state index contributed by atoms with van der Waals surface area (Å²) in [4.78, 5) is 17.6. The average molecular weight is 547 g/mol. The van der Waals surface area contributed by atoms with Crippen LogP contribution in [0.3, 0.4) is 0 Å². The predicted octanol–water partition coefficient (Wildman–Crippen LogP) is 2.54. The highest BCUT2D eigenvalue weighted by Crippen LogP contribution is 2.22. The lowest BCUT2D eigenvalue weighted by Gasteiger charge is -2.08. The molecule has 36 heavy (non-hydrogen) atoms. The highest BCUT2D eigenvalue weighted by Gasteiger charge is 2.16. The molecule has 0 aliphatic rings. The number of nitrogens with zero attached hydrogens (tertiary/aromatic N) is 2. The summed E-state index contributed by atoms with van der Waals surface area (Å²) in [5, 5.41) is 5.25. The van der Waals surface area contributed by atoms with Gasteiger partial charge in [0.25, 0.3) is 15.9 Å². The van der Waals surface area contributed by atoms with Gasteiger partial charge in [-0.25, -0.2) is 22.0 Å². The van der Waals surface area contributed by atoms with E-state index < -0.39 is 26.0 Å². The molecule has 1 amide bonds. The maximum absolute atomic E-state index is 13.0. The van der Waals surface area contributed by atoms with Gasteiger partial charge in [-0.3, -0.25) is 9.52 Å². The number of amides is 1. The molecule has 13 heteroatoms. The van der Waals surface area contributed by atoms with Gasteiger partial charge in [0.1, 0.15) is 0 Å². The van der Waals surface area contributed by atoms with Crippen molar-refractivity contribution in [2.75, 3.05) is 18.4 Å². The zero-order valence-electron chi connectivity index (χ0n) is 19.0. The topological polar surface area (TPSA) is 150 Å². The Hall–Kier alpha value is -3.36. The second-order valence-corrected chi connectivity index (χ2v) is 11.9. The summed E-state index contributed by atoms with van der Waals surface area (Å²) in [7, 11) is -6.19. The number of sulfonamides is 2. The Kier molecular flexibility index (Phi) is 7.38. The number of anilines is 1. The van der Waals surface area contributed by atoms with Gasteiger partial charge in [-0.05, 0) is 48.5 Å². The Bertz CT molecular complexity index is 1710. The molecule has 0 spiro atoms. The molecule has 0 aliphatic carbocycles. The van der Waals surface area contributed by atoms with Crippen molar-refractivity contribution in [3.8, 4) is 0 Å². The molecule has 1 heterocycles. The molecule has 1 aromatic heterocycles. The van der Waals surface area contributed by atoms with E-state index in [0.717, 1.165) is 11.3 Å². The van der Waals surface area contributed by atoms with Crippen LogP contribution < -0.4 is 14.7 Å². The molecule has 0 unspecified atom stereocenters. The van der Waals surface area contributed by atoms with E-state index in [9.17, 15) is 21.6 Å². The molecule has 0 aliphatic heterocycles. The molecule has 0 saturated carbocycles. The SMILES string of the molecule is COCCn1c(=NC(=O)c2cccc(NS(=O)(=O)c3ccccc3)c2)sc2cc(S(N)(=O)=O)ccc21. The molecule has 188 valence electrons. The fourth-order valence-electron chi connectivity index (χ4n) is 3.40. The van der Waals surface area contributed by atoms with Gasteiger partial charge in [0.15, 0.2) is 4.80 Å². The summed E-state index contributed by atoms with van der Waals surface area (Å²) < 4.78 is 58.7. The summed E-state index contributed by atoms with van der Waals surface area (Å²) in [6, 6.07) is 18.3. The van der Waals surface area contributed by atoms with Crippen molar-refractivity contribution < 1.29 is 26.4 Å². The second-order valence-electron chi connectivity index (χ2n) is 7.62. The van der Waals surface area contributed by atoms with Crippen LogP contribution in [0.1, 0.15) is 10.4 Å². The maximum Gasteiger partial charge on any atom is 0.279 e. The van der Waals surface area contributed by atoms with Crippen LogP contribution in [0.4, 0.5) is 5.69 Å². The molecule has 4 rings (SSSR count). The van der Waals surface area contributed by atoms with Gasteiger partial charge in [-0.15, -0.1) is 0 Å². The van der Waals surface area contributed by atoms with Crippen LogP contribution in [0.2, 0.25) is 0 Å². The first-order valence-corrected chi connectivity index (χ1v) is 14.4. The quantitative estimate of drug-likeness (QED) is 0.347. The minimum atomic E-state index is -3.90. The van der Waals surface area contributed by atoms with E-state index in [1.165, 1.54) is 49.6 Å². The number of nitrogens with two attached hydrogens (primary N) is 1. The first-order chi connectivity index (χ1) is 17.1. The lowest BCUT2D eigenvalue weighted by Crippen LogP contribution is -2.19. The number of nitrogens with one attached hydrogen (secondary N) is 1. The normalized spacial score (nSPS) is 12.7. The maximum atomic E-state index is 13.0. The van der Waals surface area contributed by atoms with Crippen LogP contribution >= 0.6 is 11.3 Å². The van der Waals surface area contributed by atoms with Crippen LogP contribution in [0.5, 0.6) is 0 Å². The van der Waals surface area contributed by atoms with Crippen molar-refractivity contribution in [1.29, 1.82) is 0 Å². The number of methoxy groups -OCH3 is 1. The Balaban J connectivity index is 1.71. The van der Waals surface area contributed by atoms with Crippen LogP contribution in [0.25, 0.3) is 10.2 Å². The van der Waals surface area contributed by atoms with Gasteiger partial charge in [0, 0.05) is 24.9 Å². The molecule has 10 nitrogen and oxygen atoms in total. The standard InChI is InChI=1S/C23H22N4O6S3/c1-33-13-12-27-20-11-10-19(35(24,29)30)15-21(20)34-23(27)25-22(28)16-6-5-7-17(14-16)26-36(31,32)18-8-3-2-4-9-18/h2-11,14-15,26H,12-13H2,1H3,(H2,24,29,30). The lowest BCUT2D eigenvalue weighted by molar-refractivity contribution is 0.0997. The Morgan fingerprint density at radius 3 is 2.44 bits per heavy atom. The van der Waals surface area contributed by atoms with E-state index in [4.69, 9.17) is 9.88 Å². The highest BCUT2D eigenvalue weighted by molar-refractivity contribution is 7.92. The average Bonchev–Trinajstić information content (AvgIpc) is 3.18. The minimum absolute atomic E-state index is 0.0496. The van der Waals surface area contributed by atoms with E-state index in [1.807, 2.05) is 0 Å². The molecular formula is C23H22N4O6S3. The van der Waals surface area contributed by atoms with E-state index in [2.05, 4.69) is 9.71 Å². The molecular weight excluding hydrogens is 524 g/mol. The molecule has 0 radical (unpaired) electrons. The lowest BCUT2D eigenvalue weighted by atomic mass is 10.2. The van der Waals surface area contributed by atoms with Gasteiger partial charge in [-0.2, -0.15) is 4.99 Å². The second kappa shape index (κ2) is 10.3. The molecule has 0 atom stereocenters. The summed E-state index contributed by atoms with van der Waals surface area (Å²) >= 11 is 1.13. The van der Waals surface area contributed by atoms with E-state index >= 15 is 0 Å². The van der Waals surface area contributed by atoms with Gasteiger partial charge in [0.2, 0.25) is 10.0 Å². The fourth-order valence-corrected chi connectivity index (χ4v) is 6.17. The predicted molar refractivity (Wildman–Crippen MR) is 137 cm³/mol. The first-order valence-electron chi connectivity index (χ1n) is 10.5. The van der Waals surface area contributed by atoms with Gasteiger partial charge in [-0.1, -0.05) is 35.6 Å². The van der Waals surface area contributed by atoms with E-state index in [1.54, 1.807) is 34.9 Å². The summed E-state index contributed by atoms with van der Waals surface area (Å²) in [6.07, 6.45) is 0. The molecule has 0 bridgehead atoms. The van der Waals surface area contributed by atoms with E-state index in [0.29, 0.717) is 28.2 Å². The third kappa shape index (κ3) is 5.71. The van der Waals surface area contributed by atoms with Crippen molar-refractivity contribution in [1.82, 2.24) is 4.57 Å². The van der Waals surface area contributed by atoms with E-state index in [-0.39, 0.29) is 21.0 Å². The molecule has 4 aromatic rings. The number of rotatable bonds is 8. The van der Waals surface area contributed by atoms with Crippen molar-refractivity contribution in [2.24, 2.45) is 10.1 Å². The zero-order valence-corrected chi connectivity index (χ0v) is 21.4. The third-order valence-corrected chi connectivity index (χ3v) is 8.46. The minimum Gasteiger partial charge on any atom is -0.383 e. The number of ether oxygens (including phenoxy) is 1. The zero-order chi connectivity index (χ0) is 25.9. The van der Waals surface area contributed by atoms with Crippen molar-refractivity contribution in [2.45, 2.75) is 16.3 Å². The first kappa shape index (κ1) is 25.7. The van der Waals surface area contributed by atoms with Crippen LogP contribution in [-0.4, -0.2) is 41.0 Å². The van der Waals surface area contributed by atoms with Crippen LogP contribution in [0.15, 0.2) is 87.6 Å². The summed E-state index contributed by atoms with van der Waals surface area (Å²) in [5.41, 5.74) is 1.05. The number of fused-ring (bicyclic) bond motifs is 1. The Morgan fingerprint density at radius 1 is 1.00 bits per heavy atom. The fraction of sp³-hybridized carbons (Fsp3) is 0.130. The third-order valence-electron chi connectivity index (χ3n) is 5.11. The number of aromatic nitrogens is 1. The largest absolute Gasteiger partial charge is 0.383 e. The molecule has 0 fully saturated rings. The monoisotopic (exact) mass is 546 g/mol. The number of primary sulfonamides is 1. The number of carbonyl (C=O) groups is 1. The summed E-state index contributed by atoms with van der Waals surface area (Å²) in [6.45, 7) is 0.704. The van der Waals surface area contributed by atoms with Gasteiger partial charge >= 0.3 is 0 Å².